The Morgan fingerprint density at radius 2 is 1.72 bits per heavy atom. The molecule has 7 nitrogen and oxygen atoms in total. The van der Waals surface area contributed by atoms with Gasteiger partial charge in [0, 0.05) is 25.4 Å². The van der Waals surface area contributed by atoms with Gasteiger partial charge in [-0.1, -0.05) is 30.3 Å². The molecule has 2 aromatic carbocycles. The molecule has 148 valence electrons. The van der Waals surface area contributed by atoms with E-state index in [-0.39, 0.29) is 12.0 Å². The summed E-state index contributed by atoms with van der Waals surface area (Å²) in [4.78, 5) is 23.1. The quantitative estimate of drug-likeness (QED) is 0.640. The number of carbonyl (C=O) groups is 1. The smallest absolute Gasteiger partial charge is 0.278 e. The fraction of sp³-hybridized carbons (Fsp3) is 0.227. The van der Waals surface area contributed by atoms with Crippen LogP contribution >= 0.6 is 0 Å². The average molecular weight is 391 g/mol. The molecule has 1 aliphatic heterocycles. The maximum atomic E-state index is 13.1. The van der Waals surface area contributed by atoms with Crippen LogP contribution < -0.4 is 14.2 Å². The predicted molar refractivity (Wildman–Crippen MR) is 106 cm³/mol. The Balaban J connectivity index is 1.46. The topological polar surface area (TPSA) is 73.8 Å². The minimum Gasteiger partial charge on any atom is -0.477 e. The summed E-state index contributed by atoms with van der Waals surface area (Å²) >= 11 is 0. The van der Waals surface area contributed by atoms with Crippen molar-refractivity contribution in [1.29, 1.82) is 0 Å². The summed E-state index contributed by atoms with van der Waals surface area (Å²) in [6, 6.07) is 16.7. The summed E-state index contributed by atoms with van der Waals surface area (Å²) in [5, 5.41) is 0. The van der Waals surface area contributed by atoms with Gasteiger partial charge in [0.1, 0.15) is 17.6 Å². The Morgan fingerprint density at radius 3 is 2.52 bits per heavy atom. The van der Waals surface area contributed by atoms with Gasteiger partial charge in [-0.25, -0.2) is 9.97 Å². The van der Waals surface area contributed by atoms with Crippen LogP contribution in [0.4, 0.5) is 0 Å². The number of ether oxygens (including phenoxy) is 3. The second-order valence-corrected chi connectivity index (χ2v) is 6.56. The van der Waals surface area contributed by atoms with Crippen LogP contribution in [0.1, 0.15) is 16.8 Å². The van der Waals surface area contributed by atoms with Crippen molar-refractivity contribution in [2.24, 2.45) is 0 Å². The number of nitrogens with zero attached hydrogens (tertiary/aromatic N) is 3. The largest absolute Gasteiger partial charge is 0.477 e. The lowest BCUT2D eigenvalue weighted by atomic mass is 10.1. The highest BCUT2D eigenvalue weighted by molar-refractivity contribution is 5.97. The zero-order valence-corrected chi connectivity index (χ0v) is 16.0. The summed E-state index contributed by atoms with van der Waals surface area (Å²) in [5.74, 6) is 1.79. The molecule has 0 radical (unpaired) electrons. The minimum absolute atomic E-state index is 0.0891. The maximum absolute atomic E-state index is 13.1. The zero-order valence-electron chi connectivity index (χ0n) is 16.0. The van der Waals surface area contributed by atoms with Crippen molar-refractivity contribution in [3.8, 4) is 23.3 Å². The molecule has 7 heteroatoms. The first-order valence-electron chi connectivity index (χ1n) is 9.37. The summed E-state index contributed by atoms with van der Waals surface area (Å²) in [5.41, 5.74) is 0.522. The van der Waals surface area contributed by atoms with Crippen LogP contribution in [0.15, 0.2) is 67.0 Å². The molecule has 0 spiro atoms. The lowest BCUT2D eigenvalue weighted by Crippen LogP contribution is -2.31. The van der Waals surface area contributed by atoms with E-state index >= 15 is 0 Å². The van der Waals surface area contributed by atoms with Crippen molar-refractivity contribution in [2.75, 3.05) is 20.2 Å². The number of methoxy groups -OCH3 is 1. The summed E-state index contributed by atoms with van der Waals surface area (Å²) in [6.07, 6.45) is 3.62. The average Bonchev–Trinajstić information content (AvgIpc) is 3.23. The van der Waals surface area contributed by atoms with E-state index in [4.69, 9.17) is 14.2 Å². The summed E-state index contributed by atoms with van der Waals surface area (Å²) in [7, 11) is 1.52. The van der Waals surface area contributed by atoms with Gasteiger partial charge in [0.05, 0.1) is 19.2 Å². The van der Waals surface area contributed by atoms with E-state index in [1.807, 2.05) is 42.5 Å². The van der Waals surface area contributed by atoms with Gasteiger partial charge in [-0.15, -0.1) is 0 Å². The maximum Gasteiger partial charge on any atom is 0.278 e. The predicted octanol–water partition coefficient (Wildman–Crippen LogP) is 3.57. The van der Waals surface area contributed by atoms with Crippen LogP contribution in [0.25, 0.3) is 0 Å². The molecular formula is C22H21N3O4. The SMILES string of the molecule is COc1nccnc1OC1CCN(C(=O)c2ccccc2Oc2ccccc2)C1. The fourth-order valence-electron chi connectivity index (χ4n) is 3.22. The molecule has 0 N–H and O–H groups in total. The molecule has 1 fully saturated rings. The van der Waals surface area contributed by atoms with Crippen molar-refractivity contribution < 1.29 is 19.0 Å². The molecule has 1 atom stereocenters. The Bertz CT molecular complexity index is 981. The molecule has 3 aromatic rings. The van der Waals surface area contributed by atoms with Crippen LogP contribution in [0.3, 0.4) is 0 Å². The van der Waals surface area contributed by atoms with Gasteiger partial charge in [0.25, 0.3) is 17.7 Å². The van der Waals surface area contributed by atoms with Gasteiger partial charge in [-0.3, -0.25) is 4.79 Å². The standard InChI is InChI=1S/C22H21N3O4/c1-27-20-21(24-13-12-23-20)29-17-11-14-25(15-17)22(26)18-9-5-6-10-19(18)28-16-7-3-2-4-8-16/h2-10,12-13,17H,11,14-15H2,1H3. The van der Waals surface area contributed by atoms with E-state index in [0.717, 1.165) is 0 Å². The van der Waals surface area contributed by atoms with Crippen molar-refractivity contribution >= 4 is 5.91 Å². The Labute approximate surface area is 168 Å². The lowest BCUT2D eigenvalue weighted by Gasteiger charge is -2.19. The van der Waals surface area contributed by atoms with E-state index < -0.39 is 0 Å². The fourth-order valence-corrected chi connectivity index (χ4v) is 3.22. The van der Waals surface area contributed by atoms with Gasteiger partial charge >= 0.3 is 0 Å². The normalized spacial score (nSPS) is 15.8. The molecule has 0 aliphatic carbocycles. The minimum atomic E-state index is -0.174. The molecule has 0 bridgehead atoms. The first kappa shape index (κ1) is 18.7. The second kappa shape index (κ2) is 8.60. The number of amides is 1. The first-order chi connectivity index (χ1) is 14.2. The third kappa shape index (κ3) is 4.29. The molecule has 1 aromatic heterocycles. The molecule has 1 aliphatic rings. The molecule has 1 saturated heterocycles. The molecule has 29 heavy (non-hydrogen) atoms. The number of benzene rings is 2. The molecule has 2 heterocycles. The highest BCUT2D eigenvalue weighted by Crippen LogP contribution is 2.28. The van der Waals surface area contributed by atoms with Crippen molar-refractivity contribution in [2.45, 2.75) is 12.5 Å². The van der Waals surface area contributed by atoms with Crippen LogP contribution in [0, 0.1) is 0 Å². The number of rotatable bonds is 6. The number of hydrogen-bond acceptors (Lipinski definition) is 6. The van der Waals surface area contributed by atoms with Crippen LogP contribution in [-0.2, 0) is 0 Å². The highest BCUT2D eigenvalue weighted by Gasteiger charge is 2.30. The monoisotopic (exact) mass is 391 g/mol. The van der Waals surface area contributed by atoms with Gasteiger partial charge < -0.3 is 19.1 Å². The first-order valence-corrected chi connectivity index (χ1v) is 9.37. The van der Waals surface area contributed by atoms with Crippen LogP contribution in [-0.4, -0.2) is 47.1 Å². The van der Waals surface area contributed by atoms with Gasteiger partial charge in [0.15, 0.2) is 0 Å². The van der Waals surface area contributed by atoms with Gasteiger partial charge in [-0.2, -0.15) is 0 Å². The van der Waals surface area contributed by atoms with Gasteiger partial charge in [0.2, 0.25) is 0 Å². The van der Waals surface area contributed by atoms with E-state index in [2.05, 4.69) is 9.97 Å². The number of aromatic nitrogens is 2. The van der Waals surface area contributed by atoms with Gasteiger partial charge in [-0.05, 0) is 24.3 Å². The number of carbonyl (C=O) groups excluding carboxylic acids is 1. The summed E-state index contributed by atoms with van der Waals surface area (Å²) in [6.45, 7) is 1.05. The highest BCUT2D eigenvalue weighted by atomic mass is 16.5. The van der Waals surface area contributed by atoms with Crippen LogP contribution in [0.2, 0.25) is 0 Å². The van der Waals surface area contributed by atoms with Crippen molar-refractivity contribution in [3.63, 3.8) is 0 Å². The van der Waals surface area contributed by atoms with Crippen molar-refractivity contribution in [1.82, 2.24) is 14.9 Å². The molecule has 1 amide bonds. The van der Waals surface area contributed by atoms with E-state index in [9.17, 15) is 4.79 Å². The number of likely N-dealkylation sites (tertiary alicyclic amines) is 1. The number of para-hydroxylation sites is 2. The lowest BCUT2D eigenvalue weighted by molar-refractivity contribution is 0.0767. The third-order valence-corrected chi connectivity index (χ3v) is 4.63. The summed E-state index contributed by atoms with van der Waals surface area (Å²) < 4.78 is 17.0. The van der Waals surface area contributed by atoms with Crippen molar-refractivity contribution in [3.05, 3.63) is 72.6 Å². The Kier molecular flexibility index (Phi) is 5.56. The molecule has 0 saturated carbocycles. The van der Waals surface area contributed by atoms with E-state index in [1.54, 1.807) is 29.4 Å². The second-order valence-electron chi connectivity index (χ2n) is 6.56. The third-order valence-electron chi connectivity index (χ3n) is 4.63. The number of hydrogen-bond donors (Lipinski definition) is 0. The van der Waals surface area contributed by atoms with Crippen LogP contribution in [0.5, 0.6) is 23.3 Å². The molecule has 4 rings (SSSR count). The Morgan fingerprint density at radius 1 is 1.00 bits per heavy atom. The van der Waals surface area contributed by atoms with E-state index in [1.165, 1.54) is 7.11 Å². The Hall–Kier alpha value is -3.61. The zero-order chi connectivity index (χ0) is 20.1. The molecule has 1 unspecified atom stereocenters. The molecular weight excluding hydrogens is 370 g/mol. The van der Waals surface area contributed by atoms with E-state index in [0.29, 0.717) is 48.3 Å².